The zero-order valence-electron chi connectivity index (χ0n) is 32.2. The van der Waals surface area contributed by atoms with Gasteiger partial charge >= 0.3 is 12.5 Å². The molecule has 298 valence electrons. The smallest absolute Gasteiger partial charge is 0.453 e. The number of nitrogens with one attached hydrogen (secondary N) is 4. The minimum atomic E-state index is -4.99. The van der Waals surface area contributed by atoms with Crippen LogP contribution in [0.5, 0.6) is 5.75 Å². The van der Waals surface area contributed by atoms with E-state index >= 15 is 0 Å². The summed E-state index contributed by atoms with van der Waals surface area (Å²) in [6.07, 6.45) is -1.88. The van der Waals surface area contributed by atoms with Gasteiger partial charge in [-0.1, -0.05) is 51.2 Å². The Kier molecular flexibility index (Phi) is 11.8. The molecule has 0 saturated carbocycles. The summed E-state index contributed by atoms with van der Waals surface area (Å²) in [6.45, 7) is 12.6. The summed E-state index contributed by atoms with van der Waals surface area (Å²) in [5, 5.41) is 8.65. The van der Waals surface area contributed by atoms with Crippen LogP contribution in [0.2, 0.25) is 19.1 Å². The number of carbonyl (C=O) groups is 3. The molecular formula is C39H47F3N8O5Si. The molecule has 17 heteroatoms. The number of ether oxygens (including phenoxy) is 2. The molecule has 6 rings (SSSR count). The number of hydrogen-bond acceptors (Lipinski definition) is 9. The fraction of sp³-hybridized carbons (Fsp3) is 0.410. The van der Waals surface area contributed by atoms with E-state index in [1.54, 1.807) is 47.5 Å². The Hall–Kier alpha value is -5.42. The fourth-order valence-corrected chi connectivity index (χ4v) is 10.1. The van der Waals surface area contributed by atoms with Crippen molar-refractivity contribution in [1.82, 2.24) is 30.5 Å². The monoisotopic (exact) mass is 792 g/mol. The number of nitrogens with zero attached hydrogens (tertiary/aromatic N) is 4. The number of alkyl halides is 3. The predicted molar refractivity (Wildman–Crippen MR) is 209 cm³/mol. The van der Waals surface area contributed by atoms with Gasteiger partial charge in [0.1, 0.15) is 23.4 Å². The maximum atomic E-state index is 13.8. The van der Waals surface area contributed by atoms with Gasteiger partial charge in [0, 0.05) is 67.1 Å². The molecule has 0 spiro atoms. The zero-order valence-corrected chi connectivity index (χ0v) is 33.2. The van der Waals surface area contributed by atoms with Crippen LogP contribution in [0.1, 0.15) is 43.0 Å². The minimum Gasteiger partial charge on any atom is -0.453 e. The predicted octanol–water partition coefficient (Wildman–Crippen LogP) is 6.60. The Balaban J connectivity index is 1.19. The molecule has 4 aromatic rings. The highest BCUT2D eigenvalue weighted by Crippen LogP contribution is 2.39. The van der Waals surface area contributed by atoms with Crippen LogP contribution in [-0.4, -0.2) is 97.2 Å². The number of amides is 3. The lowest BCUT2D eigenvalue weighted by molar-refractivity contribution is -0.274. The van der Waals surface area contributed by atoms with Crippen molar-refractivity contribution in [3.63, 3.8) is 0 Å². The Morgan fingerprint density at radius 1 is 1.04 bits per heavy atom. The van der Waals surface area contributed by atoms with E-state index in [1.807, 2.05) is 13.8 Å². The van der Waals surface area contributed by atoms with E-state index in [0.717, 1.165) is 37.6 Å². The molecule has 13 nitrogen and oxygen atoms in total. The summed E-state index contributed by atoms with van der Waals surface area (Å²) in [7, 11) is -0.586. The number of carbonyl (C=O) groups excluding carboxylic acids is 3. The number of rotatable bonds is 10. The number of anilines is 2. The van der Waals surface area contributed by atoms with E-state index in [4.69, 9.17) is 9.72 Å². The van der Waals surface area contributed by atoms with Gasteiger partial charge in [-0.15, -0.1) is 13.2 Å². The third-order valence-electron chi connectivity index (χ3n) is 10.1. The Morgan fingerprint density at radius 2 is 1.77 bits per heavy atom. The molecule has 3 amide bonds. The molecule has 0 unspecified atom stereocenters. The lowest BCUT2D eigenvalue weighted by Gasteiger charge is -2.34. The molecular weight excluding hydrogens is 746 g/mol. The van der Waals surface area contributed by atoms with Crippen molar-refractivity contribution in [2.75, 3.05) is 43.1 Å². The van der Waals surface area contributed by atoms with E-state index in [2.05, 4.69) is 55.6 Å². The maximum Gasteiger partial charge on any atom is 0.573 e. The first-order chi connectivity index (χ1) is 26.5. The summed E-state index contributed by atoms with van der Waals surface area (Å²) in [6, 6.07) is 14.2. The second-order valence-corrected chi connectivity index (χ2v) is 20.4. The highest BCUT2D eigenvalue weighted by atomic mass is 28.3. The SMILES string of the molecule is COC(=O)N[C@H](C(=O)N1C[Si](C)(C)C[C@H]1c1nc(-c2ccc(-c3ccc(NC(=O)c4ccc(N5CCNC[C@H]5C)nc4)cc3OC(F)(F)F)cc2)c[nH]1)C(C)C. The number of piperazine rings is 1. The lowest BCUT2D eigenvalue weighted by atomic mass is 10.0. The van der Waals surface area contributed by atoms with Crippen molar-refractivity contribution >= 4 is 37.5 Å². The maximum absolute atomic E-state index is 13.8. The standard InChI is InChI=1S/C39H47F3N8O5Si/c1-23(2)34(48-38(53)54-4)37(52)50-22-56(5,6)21-31(50)35-45-20-30(47-35)26-9-7-25(8-10-26)29-13-12-28(17-32(29)55-39(40,41)42)46-36(51)27-11-14-33(44-19-27)49-16-15-43-18-24(49)3/h7-14,17,19-20,23-24,31,34,43H,15-16,18,21-22H2,1-6H3,(H,45,47)(H,46,51)(H,48,53)/t24-,31+,34+/m1/s1. The molecule has 0 aliphatic carbocycles. The molecule has 2 saturated heterocycles. The number of imidazole rings is 1. The van der Waals surface area contributed by atoms with Crippen molar-refractivity contribution in [3.8, 4) is 28.1 Å². The normalized spacial score (nSPS) is 18.8. The topological polar surface area (TPSA) is 154 Å². The van der Waals surface area contributed by atoms with Crippen LogP contribution in [0, 0.1) is 5.92 Å². The summed E-state index contributed by atoms with van der Waals surface area (Å²) in [5.74, 6) is -0.0449. The lowest BCUT2D eigenvalue weighted by Crippen LogP contribution is -2.52. The van der Waals surface area contributed by atoms with Gasteiger partial charge in [-0.05, 0) is 48.7 Å². The summed E-state index contributed by atoms with van der Waals surface area (Å²) in [5.41, 5.74) is 2.27. The van der Waals surface area contributed by atoms with E-state index < -0.39 is 38.2 Å². The van der Waals surface area contributed by atoms with Gasteiger partial charge in [-0.3, -0.25) is 9.59 Å². The Bertz CT molecular complexity index is 2040. The first-order valence-corrected chi connectivity index (χ1v) is 21.9. The van der Waals surface area contributed by atoms with Crippen LogP contribution in [0.25, 0.3) is 22.4 Å². The molecule has 0 bridgehead atoms. The van der Waals surface area contributed by atoms with Crippen molar-refractivity contribution < 1.29 is 37.0 Å². The molecule has 2 fully saturated rings. The third kappa shape index (κ3) is 9.33. The molecule has 3 atom stereocenters. The van der Waals surface area contributed by atoms with Crippen LogP contribution in [0.3, 0.4) is 0 Å². The second kappa shape index (κ2) is 16.4. The second-order valence-electron chi connectivity index (χ2n) is 15.3. The molecule has 2 aliphatic rings. The minimum absolute atomic E-state index is 0.116. The van der Waals surface area contributed by atoms with Crippen LogP contribution < -0.4 is 25.6 Å². The van der Waals surface area contributed by atoms with Crippen molar-refractivity contribution in [3.05, 3.63) is 78.4 Å². The number of hydrogen-bond donors (Lipinski definition) is 4. The van der Waals surface area contributed by atoms with E-state index in [9.17, 15) is 27.6 Å². The van der Waals surface area contributed by atoms with Gasteiger partial charge in [-0.25, -0.2) is 14.8 Å². The number of aromatic amines is 1. The van der Waals surface area contributed by atoms with Crippen LogP contribution in [0.15, 0.2) is 67.0 Å². The van der Waals surface area contributed by atoms with Gasteiger partial charge in [0.25, 0.3) is 5.91 Å². The number of benzene rings is 2. The molecule has 2 aliphatic heterocycles. The number of pyridine rings is 1. The van der Waals surface area contributed by atoms with E-state index in [-0.39, 0.29) is 40.7 Å². The van der Waals surface area contributed by atoms with Gasteiger partial charge in [-0.2, -0.15) is 0 Å². The summed E-state index contributed by atoms with van der Waals surface area (Å²) >= 11 is 0. The molecule has 0 radical (unpaired) electrons. The van der Waals surface area contributed by atoms with Gasteiger partial charge < -0.3 is 40.2 Å². The molecule has 2 aromatic heterocycles. The first kappa shape index (κ1) is 40.2. The van der Waals surface area contributed by atoms with Crippen LogP contribution >= 0.6 is 0 Å². The van der Waals surface area contributed by atoms with Gasteiger partial charge in [0.05, 0.1) is 32.5 Å². The zero-order chi connectivity index (χ0) is 40.4. The third-order valence-corrected chi connectivity index (χ3v) is 12.8. The molecule has 4 heterocycles. The van der Waals surface area contributed by atoms with Crippen molar-refractivity contribution in [1.29, 1.82) is 0 Å². The average Bonchev–Trinajstić information content (AvgIpc) is 3.77. The average molecular weight is 793 g/mol. The summed E-state index contributed by atoms with van der Waals surface area (Å²) < 4.78 is 50.1. The molecule has 56 heavy (non-hydrogen) atoms. The fourth-order valence-electron chi connectivity index (χ4n) is 7.22. The Morgan fingerprint density at radius 3 is 2.41 bits per heavy atom. The van der Waals surface area contributed by atoms with Crippen molar-refractivity contribution in [2.24, 2.45) is 5.92 Å². The van der Waals surface area contributed by atoms with Crippen molar-refractivity contribution in [2.45, 2.75) is 64.4 Å². The van der Waals surface area contributed by atoms with Gasteiger partial charge in [0.2, 0.25) is 5.91 Å². The first-order valence-electron chi connectivity index (χ1n) is 18.5. The number of methoxy groups -OCH3 is 1. The number of H-pyrrole nitrogens is 1. The summed E-state index contributed by atoms with van der Waals surface area (Å²) in [4.78, 5) is 55.4. The Labute approximate surface area is 324 Å². The van der Waals surface area contributed by atoms with E-state index in [0.29, 0.717) is 28.8 Å². The highest BCUT2D eigenvalue weighted by molar-refractivity contribution is 6.78. The number of aromatic nitrogens is 3. The van der Waals surface area contributed by atoms with E-state index in [1.165, 1.54) is 25.4 Å². The van der Waals surface area contributed by atoms with Gasteiger partial charge in [0.15, 0.2) is 0 Å². The molecule has 2 aromatic carbocycles. The van der Waals surface area contributed by atoms with Crippen LogP contribution in [0.4, 0.5) is 29.5 Å². The van der Waals surface area contributed by atoms with Crippen LogP contribution in [-0.2, 0) is 9.53 Å². The quantitative estimate of drug-likeness (QED) is 0.130. The number of alkyl carbamates (subject to hydrolysis) is 1. The largest absolute Gasteiger partial charge is 0.573 e. The highest BCUT2D eigenvalue weighted by Gasteiger charge is 2.45. The number of halogens is 3. The molecule has 4 N–H and O–H groups in total.